The van der Waals surface area contributed by atoms with Gasteiger partial charge in [-0.3, -0.25) is 9.89 Å². The van der Waals surface area contributed by atoms with Gasteiger partial charge in [0.2, 0.25) is 11.1 Å². The predicted octanol–water partition coefficient (Wildman–Crippen LogP) is 2.05. The number of thioether (sulfide) groups is 1. The smallest absolute Gasteiger partial charge is 0.233 e. The van der Waals surface area contributed by atoms with Crippen molar-refractivity contribution in [2.24, 2.45) is 0 Å². The maximum atomic E-state index is 12.8. The summed E-state index contributed by atoms with van der Waals surface area (Å²) in [5.41, 5.74) is 2.12. The minimum atomic E-state index is -3.01. The van der Waals surface area contributed by atoms with Gasteiger partial charge in [0.05, 0.1) is 17.3 Å². The van der Waals surface area contributed by atoms with Crippen LogP contribution in [0.4, 0.5) is 0 Å². The molecular formula is C18H22N4O3S2. The molecule has 27 heavy (non-hydrogen) atoms. The monoisotopic (exact) mass is 406 g/mol. The number of sulfone groups is 1. The second-order valence-electron chi connectivity index (χ2n) is 7.21. The molecule has 1 saturated carbocycles. The van der Waals surface area contributed by atoms with E-state index in [2.05, 4.69) is 15.2 Å². The van der Waals surface area contributed by atoms with Crippen LogP contribution in [0, 0.1) is 6.92 Å². The number of carbonyl (C=O) groups excluding carboxylic acids is 1. The Labute approximate surface area is 162 Å². The Morgan fingerprint density at radius 3 is 2.59 bits per heavy atom. The minimum absolute atomic E-state index is 0.0220. The molecule has 9 heteroatoms. The fourth-order valence-corrected chi connectivity index (χ4v) is 5.78. The molecule has 0 spiro atoms. The lowest BCUT2D eigenvalue weighted by Gasteiger charge is -2.28. The summed E-state index contributed by atoms with van der Waals surface area (Å²) in [6, 6.07) is 8.00. The minimum Gasteiger partial charge on any atom is -0.335 e. The summed E-state index contributed by atoms with van der Waals surface area (Å²) in [5.74, 6) is 1.15. The summed E-state index contributed by atoms with van der Waals surface area (Å²) in [6.45, 7) is 2.03. The first-order valence-corrected chi connectivity index (χ1v) is 11.9. The van der Waals surface area contributed by atoms with E-state index in [9.17, 15) is 13.2 Å². The van der Waals surface area contributed by atoms with Crippen molar-refractivity contribution in [1.29, 1.82) is 0 Å². The van der Waals surface area contributed by atoms with Gasteiger partial charge in [-0.1, -0.05) is 41.6 Å². The zero-order valence-electron chi connectivity index (χ0n) is 15.1. The first-order chi connectivity index (χ1) is 12.9. The first kappa shape index (κ1) is 18.5. The van der Waals surface area contributed by atoms with Gasteiger partial charge in [-0.2, -0.15) is 0 Å². The summed E-state index contributed by atoms with van der Waals surface area (Å²) in [6.07, 6.45) is 2.48. The molecule has 144 valence electrons. The van der Waals surface area contributed by atoms with Gasteiger partial charge < -0.3 is 4.90 Å². The van der Waals surface area contributed by atoms with Gasteiger partial charge in [-0.15, -0.1) is 5.10 Å². The van der Waals surface area contributed by atoms with Crippen LogP contribution in [0.5, 0.6) is 0 Å². The molecule has 1 aromatic heterocycles. The topological polar surface area (TPSA) is 96.0 Å². The molecule has 2 fully saturated rings. The first-order valence-electron chi connectivity index (χ1n) is 9.05. The molecule has 1 aliphatic carbocycles. The molecule has 1 amide bonds. The van der Waals surface area contributed by atoms with E-state index in [0.29, 0.717) is 17.4 Å². The van der Waals surface area contributed by atoms with Crippen molar-refractivity contribution in [1.82, 2.24) is 20.1 Å². The van der Waals surface area contributed by atoms with Crippen LogP contribution in [0.15, 0.2) is 29.4 Å². The lowest BCUT2D eigenvalue weighted by atomic mass is 10.1. The van der Waals surface area contributed by atoms with Crippen LogP contribution >= 0.6 is 11.8 Å². The van der Waals surface area contributed by atoms with Crippen molar-refractivity contribution >= 4 is 27.5 Å². The van der Waals surface area contributed by atoms with Crippen LogP contribution in [0.25, 0.3) is 11.4 Å². The fourth-order valence-electron chi connectivity index (χ4n) is 3.41. The molecule has 1 saturated heterocycles. The van der Waals surface area contributed by atoms with E-state index in [1.807, 2.05) is 36.1 Å². The van der Waals surface area contributed by atoms with Crippen molar-refractivity contribution in [2.75, 3.05) is 17.3 Å². The Bertz CT molecular complexity index is 936. The van der Waals surface area contributed by atoms with E-state index in [-0.39, 0.29) is 35.2 Å². The molecule has 2 heterocycles. The highest BCUT2D eigenvalue weighted by molar-refractivity contribution is 7.99. The number of aromatic nitrogens is 3. The molecule has 7 nitrogen and oxygen atoms in total. The van der Waals surface area contributed by atoms with Gasteiger partial charge >= 0.3 is 0 Å². The van der Waals surface area contributed by atoms with E-state index in [1.54, 1.807) is 0 Å². The van der Waals surface area contributed by atoms with Gasteiger partial charge in [0.25, 0.3) is 0 Å². The second-order valence-corrected chi connectivity index (χ2v) is 10.4. The largest absolute Gasteiger partial charge is 0.335 e. The third-order valence-corrected chi connectivity index (χ3v) is 7.53. The summed E-state index contributed by atoms with van der Waals surface area (Å²) in [4.78, 5) is 19.0. The normalized spacial score (nSPS) is 21.3. The molecule has 0 unspecified atom stereocenters. The Hall–Kier alpha value is -1.87. The van der Waals surface area contributed by atoms with Crippen LogP contribution < -0.4 is 0 Å². The maximum absolute atomic E-state index is 12.8. The summed E-state index contributed by atoms with van der Waals surface area (Å²) in [7, 11) is -3.01. The standard InChI is InChI=1S/C18H22N4O3S2/c1-12-2-4-13(5-3-12)17-19-18(21-20-17)26-10-16(23)22(14-6-7-14)15-8-9-27(24,25)11-15/h2-5,14-15H,6-11H2,1H3,(H,19,20,21)/t15-/m0/s1. The predicted molar refractivity (Wildman–Crippen MR) is 104 cm³/mol. The molecular weight excluding hydrogens is 384 g/mol. The number of rotatable bonds is 6. The third-order valence-electron chi connectivity index (χ3n) is 4.94. The molecule has 1 N–H and O–H groups in total. The zero-order valence-corrected chi connectivity index (χ0v) is 16.7. The number of aromatic amines is 1. The van der Waals surface area contributed by atoms with Crippen LogP contribution in [-0.2, 0) is 14.6 Å². The Morgan fingerprint density at radius 2 is 1.96 bits per heavy atom. The van der Waals surface area contributed by atoms with Gasteiger partial charge in [0, 0.05) is 17.6 Å². The maximum Gasteiger partial charge on any atom is 0.233 e. The highest BCUT2D eigenvalue weighted by Crippen LogP contribution is 2.33. The number of nitrogens with one attached hydrogen (secondary N) is 1. The van der Waals surface area contributed by atoms with E-state index >= 15 is 0 Å². The number of H-pyrrole nitrogens is 1. The Balaban J connectivity index is 1.39. The van der Waals surface area contributed by atoms with Crippen molar-refractivity contribution in [3.8, 4) is 11.4 Å². The van der Waals surface area contributed by atoms with Gasteiger partial charge in [0.1, 0.15) is 0 Å². The highest BCUT2D eigenvalue weighted by atomic mass is 32.2. The Morgan fingerprint density at radius 1 is 1.22 bits per heavy atom. The third kappa shape index (κ3) is 4.35. The average molecular weight is 407 g/mol. The van der Waals surface area contributed by atoms with E-state index in [0.717, 1.165) is 18.4 Å². The lowest BCUT2D eigenvalue weighted by molar-refractivity contribution is -0.130. The van der Waals surface area contributed by atoms with E-state index in [1.165, 1.54) is 17.3 Å². The number of amides is 1. The molecule has 4 rings (SSSR count). The lowest BCUT2D eigenvalue weighted by Crippen LogP contribution is -2.43. The zero-order chi connectivity index (χ0) is 19.0. The summed E-state index contributed by atoms with van der Waals surface area (Å²) >= 11 is 1.29. The molecule has 1 aromatic carbocycles. The van der Waals surface area contributed by atoms with Crippen molar-refractivity contribution in [3.05, 3.63) is 29.8 Å². The second kappa shape index (κ2) is 7.27. The van der Waals surface area contributed by atoms with Crippen LogP contribution in [0.3, 0.4) is 0 Å². The van der Waals surface area contributed by atoms with Gasteiger partial charge in [0.15, 0.2) is 15.7 Å². The summed E-state index contributed by atoms with van der Waals surface area (Å²) in [5, 5.41) is 7.62. The fraction of sp³-hybridized carbons (Fsp3) is 0.500. The number of hydrogen-bond acceptors (Lipinski definition) is 6. The molecule has 2 aromatic rings. The van der Waals surface area contributed by atoms with Crippen LogP contribution in [0.1, 0.15) is 24.8 Å². The average Bonchev–Trinajstić information content (AvgIpc) is 3.22. The number of aryl methyl sites for hydroxylation is 1. The molecule has 1 aliphatic heterocycles. The molecule has 1 atom stereocenters. The van der Waals surface area contributed by atoms with Crippen molar-refractivity contribution in [2.45, 2.75) is 43.4 Å². The molecule has 0 bridgehead atoms. The van der Waals surface area contributed by atoms with E-state index < -0.39 is 9.84 Å². The van der Waals surface area contributed by atoms with Crippen LogP contribution in [0.2, 0.25) is 0 Å². The van der Waals surface area contributed by atoms with Crippen LogP contribution in [-0.4, -0.2) is 63.7 Å². The quantitative estimate of drug-likeness (QED) is 0.738. The number of benzene rings is 1. The SMILES string of the molecule is Cc1ccc(-c2nc(SCC(=O)N(C3CC3)[C@H]3CCS(=O)(=O)C3)n[nH]2)cc1. The number of carbonyl (C=O) groups is 1. The van der Waals surface area contributed by atoms with Crippen molar-refractivity contribution < 1.29 is 13.2 Å². The van der Waals surface area contributed by atoms with Gasteiger partial charge in [-0.05, 0) is 26.2 Å². The molecule has 2 aliphatic rings. The Kier molecular flexibility index (Phi) is 4.98. The van der Waals surface area contributed by atoms with Gasteiger partial charge in [-0.25, -0.2) is 13.4 Å². The van der Waals surface area contributed by atoms with Crippen molar-refractivity contribution in [3.63, 3.8) is 0 Å². The van der Waals surface area contributed by atoms with E-state index in [4.69, 9.17) is 0 Å². The number of hydrogen-bond donors (Lipinski definition) is 1. The highest BCUT2D eigenvalue weighted by Gasteiger charge is 2.41. The summed E-state index contributed by atoms with van der Waals surface area (Å²) < 4.78 is 23.6. The number of nitrogens with zero attached hydrogens (tertiary/aromatic N) is 3. The molecule has 0 radical (unpaired) electrons.